The number of methoxy groups -OCH3 is 1. The molecule has 0 aliphatic carbocycles. The number of carboxylic acids is 1. The molecule has 1 aromatic rings. The number of rotatable bonds is 6. The Kier molecular flexibility index (Phi) is 7.68. The molecule has 2 heterocycles. The van der Waals surface area contributed by atoms with Crippen LogP contribution in [0, 0.1) is 5.92 Å². The van der Waals surface area contributed by atoms with E-state index in [4.69, 9.17) is 9.47 Å². The monoisotopic (exact) mass is 475 g/mol. The summed E-state index contributed by atoms with van der Waals surface area (Å²) in [5.41, 5.74) is 0.823. The van der Waals surface area contributed by atoms with Crippen molar-refractivity contribution in [1.82, 2.24) is 10.2 Å². The number of nitrogens with zero attached hydrogens (tertiary/aromatic N) is 2. The largest absolute Gasteiger partial charge is 0.494 e. The highest BCUT2D eigenvalue weighted by Crippen LogP contribution is 2.37. The van der Waals surface area contributed by atoms with E-state index < -0.39 is 11.6 Å². The van der Waals surface area contributed by atoms with Gasteiger partial charge in [-0.15, -0.1) is 0 Å². The Labute approximate surface area is 199 Å². The third-order valence-electron chi connectivity index (χ3n) is 6.04. The van der Waals surface area contributed by atoms with Gasteiger partial charge >= 0.3 is 12.1 Å². The second-order valence-electron chi connectivity index (χ2n) is 9.59. The zero-order chi connectivity index (χ0) is 25.0. The number of hydrogen-bond donors (Lipinski definition) is 2. The maximum absolute atomic E-state index is 12.4. The number of piperidine rings is 1. The van der Waals surface area contributed by atoms with Crippen LogP contribution >= 0.6 is 0 Å². The quantitative estimate of drug-likeness (QED) is 0.601. The number of nitrogens with one attached hydrogen (secondary N) is 1. The van der Waals surface area contributed by atoms with Crippen molar-refractivity contribution in [2.24, 2.45) is 5.92 Å². The van der Waals surface area contributed by atoms with Crippen LogP contribution in [0.15, 0.2) is 12.1 Å². The van der Waals surface area contributed by atoms with Gasteiger partial charge in [0.25, 0.3) is 0 Å². The van der Waals surface area contributed by atoms with Crippen molar-refractivity contribution in [3.05, 3.63) is 23.3 Å². The lowest BCUT2D eigenvalue weighted by Crippen LogP contribution is -2.50. The van der Waals surface area contributed by atoms with Gasteiger partial charge in [-0.2, -0.15) is 0 Å². The fourth-order valence-electron chi connectivity index (χ4n) is 4.33. The lowest BCUT2D eigenvalue weighted by molar-refractivity contribution is -0.136. The minimum Gasteiger partial charge on any atom is -0.494 e. The van der Waals surface area contributed by atoms with Gasteiger partial charge < -0.3 is 24.4 Å². The van der Waals surface area contributed by atoms with E-state index in [2.05, 4.69) is 10.2 Å². The molecule has 2 aliphatic rings. The molecule has 10 heteroatoms. The van der Waals surface area contributed by atoms with Gasteiger partial charge in [-0.3, -0.25) is 14.9 Å². The van der Waals surface area contributed by atoms with Gasteiger partial charge in [-0.25, -0.2) is 9.59 Å². The number of benzene rings is 1. The Morgan fingerprint density at radius 2 is 1.82 bits per heavy atom. The molecule has 3 rings (SSSR count). The number of carbonyl (C=O) groups is 4. The number of piperazine rings is 1. The van der Waals surface area contributed by atoms with Crippen molar-refractivity contribution in [1.29, 1.82) is 0 Å². The zero-order valence-electron chi connectivity index (χ0n) is 20.2. The topological polar surface area (TPSA) is 125 Å². The lowest BCUT2D eigenvalue weighted by Gasteiger charge is -2.37. The molecule has 1 aromatic carbocycles. The molecule has 0 aromatic heterocycles. The number of carbonyl (C=O) groups excluding carboxylic acids is 3. The van der Waals surface area contributed by atoms with E-state index in [1.54, 1.807) is 17.0 Å². The Bertz CT molecular complexity index is 962. The summed E-state index contributed by atoms with van der Waals surface area (Å²) >= 11 is 0. The molecule has 0 radical (unpaired) electrons. The summed E-state index contributed by atoms with van der Waals surface area (Å²) in [5.74, 6) is -1.57. The van der Waals surface area contributed by atoms with Gasteiger partial charge in [0, 0.05) is 44.1 Å². The Hall–Kier alpha value is -3.30. The normalized spacial score (nSPS) is 19.0. The van der Waals surface area contributed by atoms with Crippen molar-refractivity contribution < 1.29 is 33.8 Å². The molecule has 10 nitrogen and oxygen atoms in total. The first kappa shape index (κ1) is 25.3. The smallest absolute Gasteiger partial charge is 0.410 e. The van der Waals surface area contributed by atoms with Gasteiger partial charge in [-0.05, 0) is 52.2 Å². The van der Waals surface area contributed by atoms with E-state index in [0.29, 0.717) is 56.8 Å². The summed E-state index contributed by atoms with van der Waals surface area (Å²) in [5, 5.41) is 12.1. The van der Waals surface area contributed by atoms with Crippen molar-refractivity contribution in [3.8, 4) is 5.75 Å². The van der Waals surface area contributed by atoms with Crippen LogP contribution in [-0.2, 0) is 20.7 Å². The van der Waals surface area contributed by atoms with Gasteiger partial charge in [0.1, 0.15) is 11.4 Å². The predicted molar refractivity (Wildman–Crippen MR) is 124 cm³/mol. The summed E-state index contributed by atoms with van der Waals surface area (Å²) in [7, 11) is 1.50. The molecular formula is C24H33N3O7. The van der Waals surface area contributed by atoms with Crippen LogP contribution in [0.2, 0.25) is 0 Å². The first-order valence-corrected chi connectivity index (χ1v) is 11.5. The van der Waals surface area contributed by atoms with Crippen LogP contribution in [0.25, 0.3) is 0 Å². The van der Waals surface area contributed by atoms with Crippen LogP contribution in [0.1, 0.15) is 56.0 Å². The fourth-order valence-corrected chi connectivity index (χ4v) is 4.33. The molecule has 0 saturated carbocycles. The van der Waals surface area contributed by atoms with E-state index >= 15 is 0 Å². The number of amides is 3. The Morgan fingerprint density at radius 1 is 1.15 bits per heavy atom. The second-order valence-corrected chi connectivity index (χ2v) is 9.59. The van der Waals surface area contributed by atoms with Crippen LogP contribution < -0.4 is 15.0 Å². The van der Waals surface area contributed by atoms with Crippen molar-refractivity contribution in [3.63, 3.8) is 0 Å². The minimum atomic E-state index is -1.07. The SMILES string of the molecule is COc1c(N2CCN(C(=O)OC(C)(C)C)CC2)ccc(C(=O)O)c1CCC1CCC(=O)NC1=O. The molecule has 0 bridgehead atoms. The molecule has 0 spiro atoms. The predicted octanol–water partition coefficient (Wildman–Crippen LogP) is 2.44. The maximum Gasteiger partial charge on any atom is 0.410 e. The first-order chi connectivity index (χ1) is 16.0. The maximum atomic E-state index is 12.4. The number of aromatic carboxylic acids is 1. The van der Waals surface area contributed by atoms with E-state index in [1.807, 2.05) is 20.8 Å². The molecule has 2 fully saturated rings. The van der Waals surface area contributed by atoms with E-state index in [1.165, 1.54) is 7.11 Å². The molecule has 3 amide bonds. The number of hydrogen-bond acceptors (Lipinski definition) is 7. The van der Waals surface area contributed by atoms with Crippen LogP contribution in [-0.4, -0.2) is 72.8 Å². The number of anilines is 1. The molecule has 2 saturated heterocycles. The van der Waals surface area contributed by atoms with Crippen LogP contribution in [0.4, 0.5) is 10.5 Å². The average molecular weight is 476 g/mol. The third-order valence-corrected chi connectivity index (χ3v) is 6.04. The minimum absolute atomic E-state index is 0.125. The van der Waals surface area contributed by atoms with E-state index in [0.717, 1.165) is 5.69 Å². The Morgan fingerprint density at radius 3 is 2.38 bits per heavy atom. The summed E-state index contributed by atoms with van der Waals surface area (Å²) in [6, 6.07) is 3.28. The first-order valence-electron chi connectivity index (χ1n) is 11.5. The highest BCUT2D eigenvalue weighted by atomic mass is 16.6. The molecule has 186 valence electrons. The summed E-state index contributed by atoms with van der Waals surface area (Å²) in [6.45, 7) is 7.48. The third kappa shape index (κ3) is 5.98. The second kappa shape index (κ2) is 10.3. The van der Waals surface area contributed by atoms with Gasteiger partial charge in [0.15, 0.2) is 0 Å². The highest BCUT2D eigenvalue weighted by molar-refractivity contribution is 5.98. The van der Waals surface area contributed by atoms with Gasteiger partial charge in [-0.1, -0.05) is 0 Å². The molecular weight excluding hydrogens is 442 g/mol. The summed E-state index contributed by atoms with van der Waals surface area (Å²) in [4.78, 5) is 51.6. The summed E-state index contributed by atoms with van der Waals surface area (Å²) < 4.78 is 11.1. The summed E-state index contributed by atoms with van der Waals surface area (Å²) in [6.07, 6.45) is 1.10. The zero-order valence-corrected chi connectivity index (χ0v) is 20.2. The van der Waals surface area contributed by atoms with Crippen LogP contribution in [0.3, 0.4) is 0 Å². The number of ether oxygens (including phenoxy) is 2. The highest BCUT2D eigenvalue weighted by Gasteiger charge is 2.30. The van der Waals surface area contributed by atoms with Gasteiger partial charge in [0.2, 0.25) is 11.8 Å². The van der Waals surface area contributed by atoms with Crippen molar-refractivity contribution in [2.75, 3.05) is 38.2 Å². The molecule has 2 N–H and O–H groups in total. The van der Waals surface area contributed by atoms with Gasteiger partial charge in [0.05, 0.1) is 18.4 Å². The van der Waals surface area contributed by atoms with E-state index in [9.17, 15) is 24.3 Å². The molecule has 1 unspecified atom stereocenters. The number of carboxylic acid groups (broad SMARTS) is 1. The van der Waals surface area contributed by atoms with Crippen molar-refractivity contribution in [2.45, 2.75) is 52.1 Å². The molecule has 34 heavy (non-hydrogen) atoms. The fraction of sp³-hybridized carbons (Fsp3) is 0.583. The lowest BCUT2D eigenvalue weighted by atomic mass is 9.89. The number of imide groups is 1. The Balaban J connectivity index is 1.77. The standard InChI is InChI=1S/C24H33N3O7/c1-24(2,3)34-23(32)27-13-11-26(12-14-27)18-9-8-17(22(30)31)16(20(18)33-4)7-5-15-6-10-19(28)25-21(15)29/h8-9,15H,5-7,10-14H2,1-4H3,(H,30,31)(H,25,28,29). The average Bonchev–Trinajstić information content (AvgIpc) is 2.76. The molecule has 1 atom stereocenters. The van der Waals surface area contributed by atoms with Crippen LogP contribution in [0.5, 0.6) is 5.75 Å². The van der Waals surface area contributed by atoms with E-state index in [-0.39, 0.29) is 35.8 Å². The van der Waals surface area contributed by atoms with Crippen molar-refractivity contribution >= 4 is 29.6 Å². The molecule has 2 aliphatic heterocycles.